The Morgan fingerprint density at radius 3 is 2.56 bits per heavy atom. The van der Waals surface area contributed by atoms with E-state index in [0.29, 0.717) is 23.7 Å². The zero-order valence-corrected chi connectivity index (χ0v) is 9.49. The molecule has 1 rings (SSSR count). The van der Waals surface area contributed by atoms with Crippen molar-refractivity contribution in [2.45, 2.75) is 12.8 Å². The average molecular weight is 223 g/mol. The van der Waals surface area contributed by atoms with Crippen LogP contribution >= 0.6 is 0 Å². The third-order valence-corrected chi connectivity index (χ3v) is 1.98. The minimum atomic E-state index is -0.321. The molecule has 0 aliphatic carbocycles. The molecule has 4 heteroatoms. The number of carbonyl (C=O) groups is 1. The Morgan fingerprint density at radius 2 is 2.00 bits per heavy atom. The maximum absolute atomic E-state index is 11.3. The molecule has 0 saturated carbocycles. The molecule has 0 N–H and O–H groups in total. The van der Waals surface area contributed by atoms with Crippen LogP contribution in [0.15, 0.2) is 18.2 Å². The first kappa shape index (κ1) is 12.4. The van der Waals surface area contributed by atoms with Gasteiger partial charge in [-0.25, -0.2) is 0 Å². The maximum Gasteiger partial charge on any atom is 0.311 e. The fourth-order valence-corrected chi connectivity index (χ4v) is 1.18. The van der Waals surface area contributed by atoms with Crippen molar-refractivity contribution in [1.29, 1.82) is 0 Å². The van der Waals surface area contributed by atoms with Crippen molar-refractivity contribution in [3.05, 3.63) is 25.1 Å². The van der Waals surface area contributed by atoms with Gasteiger partial charge in [0.1, 0.15) is 5.75 Å². The number of rotatable bonds is 5. The largest absolute Gasteiger partial charge is 0.497 e. The van der Waals surface area contributed by atoms with Gasteiger partial charge in [-0.2, -0.15) is 0 Å². The lowest BCUT2D eigenvalue weighted by molar-refractivity contribution is -0.134. The van der Waals surface area contributed by atoms with Gasteiger partial charge in [0.25, 0.3) is 0 Å². The summed E-state index contributed by atoms with van der Waals surface area (Å²) in [4.78, 5) is 11.3. The highest BCUT2D eigenvalue weighted by Crippen LogP contribution is 2.31. The Kier molecular flexibility index (Phi) is 4.64. The van der Waals surface area contributed by atoms with Crippen LogP contribution < -0.4 is 14.2 Å². The third-order valence-electron chi connectivity index (χ3n) is 1.98. The minimum Gasteiger partial charge on any atom is -0.497 e. The van der Waals surface area contributed by atoms with Gasteiger partial charge in [-0.3, -0.25) is 4.79 Å². The van der Waals surface area contributed by atoms with Crippen LogP contribution in [-0.4, -0.2) is 20.2 Å². The van der Waals surface area contributed by atoms with Crippen LogP contribution in [0.5, 0.6) is 17.2 Å². The van der Waals surface area contributed by atoms with E-state index < -0.39 is 0 Å². The summed E-state index contributed by atoms with van der Waals surface area (Å²) >= 11 is 0. The van der Waals surface area contributed by atoms with Gasteiger partial charge in [0.15, 0.2) is 11.5 Å². The van der Waals surface area contributed by atoms with E-state index in [1.165, 1.54) is 7.11 Å². The maximum atomic E-state index is 11.3. The van der Waals surface area contributed by atoms with Crippen molar-refractivity contribution >= 4 is 5.97 Å². The van der Waals surface area contributed by atoms with Gasteiger partial charge in [0.05, 0.1) is 14.2 Å². The van der Waals surface area contributed by atoms with Crippen LogP contribution in [-0.2, 0) is 4.79 Å². The van der Waals surface area contributed by atoms with Gasteiger partial charge >= 0.3 is 5.97 Å². The first-order valence-corrected chi connectivity index (χ1v) is 4.93. The van der Waals surface area contributed by atoms with E-state index in [9.17, 15) is 4.79 Å². The second-order valence-electron chi connectivity index (χ2n) is 3.09. The summed E-state index contributed by atoms with van der Waals surface area (Å²) in [5.41, 5.74) is 0. The summed E-state index contributed by atoms with van der Waals surface area (Å²) in [7, 11) is 3.07. The molecule has 0 spiro atoms. The molecule has 1 radical (unpaired) electrons. The van der Waals surface area contributed by atoms with Gasteiger partial charge < -0.3 is 14.2 Å². The molecule has 16 heavy (non-hydrogen) atoms. The predicted molar refractivity (Wildman–Crippen MR) is 59.8 cm³/mol. The molecule has 4 nitrogen and oxygen atoms in total. The molecule has 0 saturated heterocycles. The molecule has 0 bridgehead atoms. The third kappa shape index (κ3) is 3.15. The fourth-order valence-electron chi connectivity index (χ4n) is 1.18. The van der Waals surface area contributed by atoms with Crippen molar-refractivity contribution in [2.75, 3.05) is 14.2 Å². The molecular formula is C12H15O4. The van der Waals surface area contributed by atoms with E-state index in [1.807, 2.05) is 0 Å². The van der Waals surface area contributed by atoms with Crippen LogP contribution in [0.1, 0.15) is 12.8 Å². The van der Waals surface area contributed by atoms with Gasteiger partial charge in [-0.05, 0) is 18.6 Å². The number of ether oxygens (including phenoxy) is 3. The number of esters is 1. The average Bonchev–Trinajstić information content (AvgIpc) is 2.30. The monoisotopic (exact) mass is 223 g/mol. The van der Waals surface area contributed by atoms with Crippen molar-refractivity contribution in [3.8, 4) is 17.2 Å². The van der Waals surface area contributed by atoms with Gasteiger partial charge in [-0.15, -0.1) is 0 Å². The molecular weight excluding hydrogens is 208 g/mol. The Balaban J connectivity index is 2.83. The Hall–Kier alpha value is -1.71. The van der Waals surface area contributed by atoms with Crippen molar-refractivity contribution in [3.63, 3.8) is 0 Å². The number of hydrogen-bond donors (Lipinski definition) is 0. The minimum absolute atomic E-state index is 0.287. The summed E-state index contributed by atoms with van der Waals surface area (Å²) in [6.45, 7) is 3.59. The molecule has 0 atom stereocenters. The van der Waals surface area contributed by atoms with Gasteiger partial charge in [0.2, 0.25) is 0 Å². The molecule has 0 amide bonds. The summed E-state index contributed by atoms with van der Waals surface area (Å²) in [6.07, 6.45) is 0.798. The lowest BCUT2D eigenvalue weighted by Gasteiger charge is -2.10. The van der Waals surface area contributed by atoms with E-state index in [4.69, 9.17) is 14.2 Å². The van der Waals surface area contributed by atoms with E-state index >= 15 is 0 Å². The molecule has 0 aliphatic rings. The number of methoxy groups -OCH3 is 2. The van der Waals surface area contributed by atoms with E-state index in [-0.39, 0.29) is 12.4 Å². The van der Waals surface area contributed by atoms with E-state index in [2.05, 4.69) is 6.92 Å². The molecule has 1 aromatic rings. The number of carbonyl (C=O) groups excluding carboxylic acids is 1. The summed E-state index contributed by atoms with van der Waals surface area (Å²) in [5.74, 6) is 1.19. The van der Waals surface area contributed by atoms with Gasteiger partial charge in [-0.1, -0.05) is 6.92 Å². The van der Waals surface area contributed by atoms with E-state index in [1.54, 1.807) is 25.3 Å². The van der Waals surface area contributed by atoms with Crippen LogP contribution in [0.2, 0.25) is 0 Å². The highest BCUT2D eigenvalue weighted by molar-refractivity contribution is 5.73. The highest BCUT2D eigenvalue weighted by Gasteiger charge is 2.10. The summed E-state index contributed by atoms with van der Waals surface area (Å²) in [6, 6.07) is 5.00. The SMILES string of the molecule is [CH2]CCC(=O)Oc1ccc(OC)cc1OC. The fraction of sp³-hybridized carbons (Fsp3) is 0.333. The standard InChI is InChI=1S/C12H15O4/c1-4-5-12(13)16-10-7-6-9(14-2)8-11(10)15-3/h6-8H,1,4-5H2,2-3H3. The molecule has 0 aliphatic heterocycles. The second kappa shape index (κ2) is 6.00. The molecule has 0 unspecified atom stereocenters. The summed E-state index contributed by atoms with van der Waals surface area (Å²) < 4.78 is 15.2. The smallest absolute Gasteiger partial charge is 0.311 e. The highest BCUT2D eigenvalue weighted by atomic mass is 16.6. The first-order chi connectivity index (χ1) is 7.71. The van der Waals surface area contributed by atoms with Crippen LogP contribution in [0.4, 0.5) is 0 Å². The number of hydrogen-bond acceptors (Lipinski definition) is 4. The quantitative estimate of drug-likeness (QED) is 0.567. The van der Waals surface area contributed by atoms with Crippen LogP contribution in [0, 0.1) is 6.92 Å². The lowest BCUT2D eigenvalue weighted by atomic mass is 10.3. The zero-order chi connectivity index (χ0) is 12.0. The van der Waals surface area contributed by atoms with Crippen molar-refractivity contribution < 1.29 is 19.0 Å². The topological polar surface area (TPSA) is 44.8 Å². The Bertz CT molecular complexity index is 360. The first-order valence-electron chi connectivity index (χ1n) is 4.93. The van der Waals surface area contributed by atoms with Crippen molar-refractivity contribution in [2.24, 2.45) is 0 Å². The molecule has 87 valence electrons. The van der Waals surface area contributed by atoms with Gasteiger partial charge in [0, 0.05) is 12.5 Å². The Labute approximate surface area is 95.1 Å². The predicted octanol–water partition coefficient (Wildman–Crippen LogP) is 2.22. The molecule has 1 aromatic carbocycles. The molecule has 0 fully saturated rings. The second-order valence-corrected chi connectivity index (χ2v) is 3.09. The lowest BCUT2D eigenvalue weighted by Crippen LogP contribution is -2.07. The normalized spacial score (nSPS) is 9.69. The number of benzene rings is 1. The van der Waals surface area contributed by atoms with Crippen LogP contribution in [0.25, 0.3) is 0 Å². The summed E-state index contributed by atoms with van der Waals surface area (Å²) in [5, 5.41) is 0. The van der Waals surface area contributed by atoms with E-state index in [0.717, 1.165) is 0 Å². The molecule has 0 heterocycles. The zero-order valence-electron chi connectivity index (χ0n) is 9.49. The molecule has 0 aromatic heterocycles. The Morgan fingerprint density at radius 1 is 1.25 bits per heavy atom. The van der Waals surface area contributed by atoms with Crippen molar-refractivity contribution in [1.82, 2.24) is 0 Å². The van der Waals surface area contributed by atoms with Crippen LogP contribution in [0.3, 0.4) is 0 Å².